The van der Waals surface area contributed by atoms with Crippen molar-refractivity contribution in [2.75, 3.05) is 7.11 Å². The van der Waals surface area contributed by atoms with Crippen LogP contribution in [0.2, 0.25) is 0 Å². The van der Waals surface area contributed by atoms with Crippen LogP contribution in [0.25, 0.3) is 0 Å². The van der Waals surface area contributed by atoms with Crippen LogP contribution in [0.4, 0.5) is 0 Å². The van der Waals surface area contributed by atoms with Gasteiger partial charge in [0.1, 0.15) is 0 Å². The summed E-state index contributed by atoms with van der Waals surface area (Å²) in [5, 5.41) is 4.25. The van der Waals surface area contributed by atoms with Crippen LogP contribution < -0.4 is 20.7 Å². The molecule has 0 atom stereocenters. The third-order valence-corrected chi connectivity index (χ3v) is 10.3. The van der Waals surface area contributed by atoms with Crippen LogP contribution in [0.1, 0.15) is 5.56 Å². The Bertz CT molecular complexity index is 917. The zero-order chi connectivity index (χ0) is 19.2. The van der Waals surface area contributed by atoms with Crippen LogP contribution >= 0.6 is 7.26 Å². The van der Waals surface area contributed by atoms with Crippen molar-refractivity contribution in [1.82, 2.24) is 0 Å². The van der Waals surface area contributed by atoms with E-state index >= 15 is 0 Å². The molecule has 0 aliphatic heterocycles. The Morgan fingerprint density at radius 1 is 0.536 bits per heavy atom. The molecule has 1 nitrogen and oxygen atoms in total. The van der Waals surface area contributed by atoms with Gasteiger partial charge in [0, 0.05) is 0 Å². The first-order chi connectivity index (χ1) is 13.8. The van der Waals surface area contributed by atoms with E-state index in [-0.39, 0.29) is 0 Å². The first-order valence-electron chi connectivity index (χ1n) is 9.63. The van der Waals surface area contributed by atoms with Gasteiger partial charge < -0.3 is 0 Å². The fourth-order valence-corrected chi connectivity index (χ4v) is 8.87. The Morgan fingerprint density at radius 3 is 1.36 bits per heavy atom. The number of methoxy groups -OCH3 is 1. The zero-order valence-electron chi connectivity index (χ0n) is 16.1. The second-order valence-electron chi connectivity index (χ2n) is 6.99. The van der Waals surface area contributed by atoms with Gasteiger partial charge in [0.2, 0.25) is 0 Å². The van der Waals surface area contributed by atoms with Gasteiger partial charge in [0.15, 0.2) is 0 Å². The van der Waals surface area contributed by atoms with Crippen molar-refractivity contribution >= 4 is 23.2 Å². The van der Waals surface area contributed by atoms with Crippen molar-refractivity contribution in [3.05, 3.63) is 121 Å². The van der Waals surface area contributed by atoms with E-state index in [0.29, 0.717) is 0 Å². The standard InChI is InChI=1S/C26H25OP/c1-27-26-20-12-11-13-22(26)21-28(23-14-5-2-6-15-23,24-16-7-3-8-17-24)25-18-9-4-10-19-25/h2-20,28H,21H2,1H3. The van der Waals surface area contributed by atoms with E-state index in [1.807, 2.05) is 6.07 Å². The summed E-state index contributed by atoms with van der Waals surface area (Å²) in [7, 11) is -0.533. The fourth-order valence-electron chi connectivity index (χ4n) is 4.11. The summed E-state index contributed by atoms with van der Waals surface area (Å²) in [5.41, 5.74) is 1.26. The molecule has 0 saturated heterocycles. The second-order valence-corrected chi connectivity index (χ2v) is 10.9. The van der Waals surface area contributed by atoms with Gasteiger partial charge in [-0.05, 0) is 0 Å². The van der Waals surface area contributed by atoms with E-state index in [2.05, 4.69) is 109 Å². The molecule has 0 N–H and O–H groups in total. The SMILES string of the molecule is COc1ccccc1C[PH](c1ccccc1)(c1ccccc1)c1ccccc1. The van der Waals surface area contributed by atoms with Gasteiger partial charge in [-0.3, -0.25) is 0 Å². The molecule has 0 bridgehead atoms. The molecule has 0 unspecified atom stereocenters. The van der Waals surface area contributed by atoms with Gasteiger partial charge in [-0.1, -0.05) is 0 Å². The fraction of sp³-hybridized carbons (Fsp3) is 0.0769. The van der Waals surface area contributed by atoms with Crippen LogP contribution in [0, 0.1) is 0 Å². The summed E-state index contributed by atoms with van der Waals surface area (Å²) in [6.07, 6.45) is 0.953. The van der Waals surface area contributed by atoms with Crippen LogP contribution in [0.3, 0.4) is 0 Å². The monoisotopic (exact) mass is 384 g/mol. The Hall–Kier alpha value is -2.89. The number of ether oxygens (including phenoxy) is 1. The molecule has 0 radical (unpaired) electrons. The molecule has 0 aromatic heterocycles. The summed E-state index contributed by atoms with van der Waals surface area (Å²) >= 11 is 0. The van der Waals surface area contributed by atoms with E-state index in [1.54, 1.807) is 7.11 Å². The minimum absolute atomic E-state index is 0.953. The van der Waals surface area contributed by atoms with E-state index in [1.165, 1.54) is 21.5 Å². The van der Waals surface area contributed by atoms with Gasteiger partial charge in [-0.2, -0.15) is 0 Å². The van der Waals surface area contributed by atoms with E-state index < -0.39 is 7.26 Å². The van der Waals surface area contributed by atoms with Crippen molar-refractivity contribution in [2.45, 2.75) is 6.16 Å². The molecule has 28 heavy (non-hydrogen) atoms. The van der Waals surface area contributed by atoms with Crippen molar-refractivity contribution < 1.29 is 4.74 Å². The maximum atomic E-state index is 5.72. The first kappa shape index (κ1) is 18.5. The van der Waals surface area contributed by atoms with Gasteiger partial charge in [0.05, 0.1) is 0 Å². The molecule has 2 heteroatoms. The Labute approximate surface area is 168 Å². The molecule has 0 aliphatic carbocycles. The van der Waals surface area contributed by atoms with Gasteiger partial charge in [0.25, 0.3) is 0 Å². The summed E-state index contributed by atoms with van der Waals surface area (Å²) < 4.78 is 5.72. The summed E-state index contributed by atoms with van der Waals surface area (Å²) in [4.78, 5) is 0. The van der Waals surface area contributed by atoms with Crippen LogP contribution in [-0.2, 0) is 6.16 Å². The number of rotatable bonds is 6. The summed E-state index contributed by atoms with van der Waals surface area (Å²) in [6, 6.07) is 41.4. The number of hydrogen-bond acceptors (Lipinski definition) is 1. The normalized spacial score (nSPS) is 11.8. The van der Waals surface area contributed by atoms with Gasteiger partial charge in [-0.15, -0.1) is 0 Å². The average molecular weight is 384 g/mol. The average Bonchev–Trinajstić information content (AvgIpc) is 2.79. The van der Waals surface area contributed by atoms with E-state index in [4.69, 9.17) is 4.74 Å². The Balaban J connectivity index is 2.01. The number of benzene rings is 4. The minimum atomic E-state index is -2.29. The molecule has 0 spiro atoms. The molecular formula is C26H25OP. The third-order valence-electron chi connectivity index (χ3n) is 5.45. The van der Waals surface area contributed by atoms with Gasteiger partial charge in [-0.25, -0.2) is 0 Å². The Morgan fingerprint density at radius 2 is 0.929 bits per heavy atom. The molecule has 0 fully saturated rings. The van der Waals surface area contributed by atoms with Crippen molar-refractivity contribution in [1.29, 1.82) is 0 Å². The van der Waals surface area contributed by atoms with Crippen LogP contribution in [-0.4, -0.2) is 7.11 Å². The predicted octanol–water partition coefficient (Wildman–Crippen LogP) is 4.92. The van der Waals surface area contributed by atoms with Crippen molar-refractivity contribution in [2.24, 2.45) is 0 Å². The predicted molar refractivity (Wildman–Crippen MR) is 123 cm³/mol. The van der Waals surface area contributed by atoms with Crippen molar-refractivity contribution in [3.63, 3.8) is 0 Å². The molecule has 0 heterocycles. The number of para-hydroxylation sites is 1. The van der Waals surface area contributed by atoms with Crippen LogP contribution in [0.15, 0.2) is 115 Å². The quantitative estimate of drug-likeness (QED) is 0.429. The molecule has 4 aromatic rings. The first-order valence-corrected chi connectivity index (χ1v) is 11.8. The maximum absolute atomic E-state index is 5.72. The van der Waals surface area contributed by atoms with Gasteiger partial charge >= 0.3 is 168 Å². The molecule has 4 aromatic carbocycles. The molecular weight excluding hydrogens is 359 g/mol. The number of hydrogen-bond donors (Lipinski definition) is 0. The summed E-state index contributed by atoms with van der Waals surface area (Å²) in [5.74, 6) is 0.960. The molecule has 0 amide bonds. The zero-order valence-corrected chi connectivity index (χ0v) is 17.1. The van der Waals surface area contributed by atoms with Crippen LogP contribution in [0.5, 0.6) is 5.75 Å². The summed E-state index contributed by atoms with van der Waals surface area (Å²) in [6.45, 7) is 0. The second kappa shape index (κ2) is 8.42. The van der Waals surface area contributed by atoms with Crippen molar-refractivity contribution in [3.8, 4) is 5.75 Å². The topological polar surface area (TPSA) is 9.23 Å². The molecule has 140 valence electrons. The third kappa shape index (κ3) is 3.46. The Kier molecular flexibility index (Phi) is 5.55. The molecule has 4 rings (SSSR count). The van der Waals surface area contributed by atoms with E-state index in [9.17, 15) is 0 Å². The molecule has 0 saturated carbocycles. The van der Waals surface area contributed by atoms with E-state index in [0.717, 1.165) is 11.9 Å². The molecule has 0 aliphatic rings.